The standard InChI is InChI=1S/C22H32O5/c1-5-22(2,3)21(24)27-17-9-7-6-8-16-26-19-13-10-18(11-14-19)12-15-20(23)25-4/h10-15H,5-9,16-17H2,1-4H3/b15-12+. The zero-order valence-corrected chi connectivity index (χ0v) is 17.0. The zero-order valence-electron chi connectivity index (χ0n) is 17.0. The lowest BCUT2D eigenvalue weighted by Gasteiger charge is -2.20. The molecule has 0 aromatic heterocycles. The lowest BCUT2D eigenvalue weighted by Crippen LogP contribution is -2.26. The highest BCUT2D eigenvalue weighted by molar-refractivity contribution is 5.86. The van der Waals surface area contributed by atoms with E-state index in [1.165, 1.54) is 13.2 Å². The van der Waals surface area contributed by atoms with Crippen LogP contribution in [-0.2, 0) is 19.1 Å². The van der Waals surface area contributed by atoms with Crippen molar-refractivity contribution in [2.75, 3.05) is 20.3 Å². The van der Waals surface area contributed by atoms with Gasteiger partial charge in [-0.05, 0) is 69.7 Å². The number of ether oxygens (including phenoxy) is 3. The molecular weight excluding hydrogens is 344 g/mol. The van der Waals surface area contributed by atoms with Gasteiger partial charge in [-0.15, -0.1) is 0 Å². The minimum Gasteiger partial charge on any atom is -0.494 e. The molecule has 5 nitrogen and oxygen atoms in total. The van der Waals surface area contributed by atoms with Gasteiger partial charge in [0.1, 0.15) is 5.75 Å². The summed E-state index contributed by atoms with van der Waals surface area (Å²) in [5.74, 6) is 0.318. The van der Waals surface area contributed by atoms with Crippen LogP contribution < -0.4 is 4.74 Å². The third-order valence-corrected chi connectivity index (χ3v) is 4.47. The molecule has 0 bridgehead atoms. The number of hydrogen-bond acceptors (Lipinski definition) is 5. The first-order valence-electron chi connectivity index (χ1n) is 9.55. The van der Waals surface area contributed by atoms with Crippen molar-refractivity contribution in [2.24, 2.45) is 5.41 Å². The highest BCUT2D eigenvalue weighted by Gasteiger charge is 2.26. The van der Waals surface area contributed by atoms with Crippen molar-refractivity contribution < 1.29 is 23.8 Å². The van der Waals surface area contributed by atoms with Crippen LogP contribution in [0, 0.1) is 5.41 Å². The SMILES string of the molecule is CCC(C)(C)C(=O)OCCCCCCOc1ccc(/C=C/C(=O)OC)cc1. The molecule has 0 N–H and O–H groups in total. The highest BCUT2D eigenvalue weighted by Crippen LogP contribution is 2.21. The first-order valence-corrected chi connectivity index (χ1v) is 9.55. The van der Waals surface area contributed by atoms with Gasteiger partial charge in [0, 0.05) is 6.08 Å². The van der Waals surface area contributed by atoms with E-state index in [0.29, 0.717) is 13.2 Å². The van der Waals surface area contributed by atoms with Crippen LogP contribution in [-0.4, -0.2) is 32.3 Å². The quantitative estimate of drug-likeness (QED) is 0.298. The maximum Gasteiger partial charge on any atom is 0.330 e. The van der Waals surface area contributed by atoms with E-state index in [1.807, 2.05) is 45.0 Å². The van der Waals surface area contributed by atoms with Crippen LogP contribution in [0.15, 0.2) is 30.3 Å². The number of esters is 2. The minimum atomic E-state index is -0.390. The van der Waals surface area contributed by atoms with E-state index in [4.69, 9.17) is 9.47 Å². The largest absolute Gasteiger partial charge is 0.494 e. The Hall–Kier alpha value is -2.30. The lowest BCUT2D eigenvalue weighted by molar-refractivity contribution is -0.154. The van der Waals surface area contributed by atoms with Crippen LogP contribution in [0.1, 0.15) is 58.4 Å². The van der Waals surface area contributed by atoms with Gasteiger partial charge >= 0.3 is 11.9 Å². The molecule has 0 aliphatic carbocycles. The van der Waals surface area contributed by atoms with Crippen molar-refractivity contribution in [1.82, 2.24) is 0 Å². The monoisotopic (exact) mass is 376 g/mol. The second-order valence-electron chi connectivity index (χ2n) is 7.06. The molecule has 27 heavy (non-hydrogen) atoms. The summed E-state index contributed by atoms with van der Waals surface area (Å²) in [6.45, 7) is 6.96. The summed E-state index contributed by atoms with van der Waals surface area (Å²) in [7, 11) is 1.35. The van der Waals surface area contributed by atoms with Gasteiger partial charge in [-0.25, -0.2) is 4.79 Å². The smallest absolute Gasteiger partial charge is 0.330 e. The molecule has 0 saturated carbocycles. The highest BCUT2D eigenvalue weighted by atomic mass is 16.5. The van der Waals surface area contributed by atoms with Crippen molar-refractivity contribution in [3.63, 3.8) is 0 Å². The Kier molecular flexibility index (Phi) is 10.2. The second kappa shape index (κ2) is 12.2. The molecule has 0 radical (unpaired) electrons. The van der Waals surface area contributed by atoms with E-state index in [-0.39, 0.29) is 11.9 Å². The number of rotatable bonds is 12. The fraction of sp³-hybridized carbons (Fsp3) is 0.545. The van der Waals surface area contributed by atoms with Crippen LogP contribution in [0.25, 0.3) is 6.08 Å². The van der Waals surface area contributed by atoms with Crippen molar-refractivity contribution in [2.45, 2.75) is 52.9 Å². The topological polar surface area (TPSA) is 61.8 Å². The zero-order chi connectivity index (χ0) is 20.1. The predicted molar refractivity (Wildman–Crippen MR) is 106 cm³/mol. The Labute approximate surface area is 162 Å². The van der Waals surface area contributed by atoms with Crippen LogP contribution in [0.5, 0.6) is 5.75 Å². The lowest BCUT2D eigenvalue weighted by atomic mass is 9.91. The summed E-state index contributed by atoms with van der Waals surface area (Å²) in [5, 5.41) is 0. The summed E-state index contributed by atoms with van der Waals surface area (Å²) in [6.07, 6.45) is 7.76. The van der Waals surface area contributed by atoms with Crippen molar-refractivity contribution >= 4 is 18.0 Å². The van der Waals surface area contributed by atoms with Gasteiger partial charge in [-0.2, -0.15) is 0 Å². The minimum absolute atomic E-state index is 0.113. The second-order valence-corrected chi connectivity index (χ2v) is 7.06. The Balaban J connectivity index is 2.12. The Morgan fingerprint density at radius 2 is 1.63 bits per heavy atom. The summed E-state index contributed by atoms with van der Waals surface area (Å²) in [4.78, 5) is 22.9. The third kappa shape index (κ3) is 9.27. The van der Waals surface area contributed by atoms with Crippen LogP contribution in [0.4, 0.5) is 0 Å². The number of benzene rings is 1. The number of methoxy groups -OCH3 is 1. The van der Waals surface area contributed by atoms with Gasteiger partial charge in [0.15, 0.2) is 0 Å². The predicted octanol–water partition coefficient (Wildman–Crippen LogP) is 4.79. The van der Waals surface area contributed by atoms with Gasteiger partial charge in [0.25, 0.3) is 0 Å². The van der Waals surface area contributed by atoms with Gasteiger partial charge in [-0.1, -0.05) is 19.1 Å². The summed E-state index contributed by atoms with van der Waals surface area (Å²) in [5.41, 5.74) is 0.520. The molecule has 0 saturated heterocycles. The summed E-state index contributed by atoms with van der Waals surface area (Å²) in [6, 6.07) is 7.54. The molecule has 150 valence electrons. The molecule has 0 aliphatic heterocycles. The Morgan fingerprint density at radius 1 is 1.00 bits per heavy atom. The molecule has 1 aromatic rings. The Morgan fingerprint density at radius 3 is 2.22 bits per heavy atom. The van der Waals surface area contributed by atoms with Gasteiger partial charge in [0.2, 0.25) is 0 Å². The molecular formula is C22H32O5. The normalized spacial score (nSPS) is 11.4. The summed E-state index contributed by atoms with van der Waals surface area (Å²) >= 11 is 0. The maximum absolute atomic E-state index is 11.8. The van der Waals surface area contributed by atoms with E-state index in [0.717, 1.165) is 43.4 Å². The maximum atomic E-state index is 11.8. The number of carbonyl (C=O) groups excluding carboxylic acids is 2. The molecule has 0 heterocycles. The first-order chi connectivity index (χ1) is 12.9. The average Bonchev–Trinajstić information content (AvgIpc) is 2.68. The average molecular weight is 376 g/mol. The molecule has 0 spiro atoms. The molecule has 1 rings (SSSR count). The number of carbonyl (C=O) groups is 2. The van der Waals surface area contributed by atoms with Gasteiger partial charge in [0.05, 0.1) is 25.7 Å². The van der Waals surface area contributed by atoms with E-state index in [9.17, 15) is 9.59 Å². The van der Waals surface area contributed by atoms with Crippen LogP contribution in [0.3, 0.4) is 0 Å². The molecule has 0 atom stereocenters. The molecule has 0 amide bonds. The van der Waals surface area contributed by atoms with E-state index in [2.05, 4.69) is 4.74 Å². The first kappa shape index (κ1) is 22.7. The van der Waals surface area contributed by atoms with Crippen molar-refractivity contribution in [1.29, 1.82) is 0 Å². The fourth-order valence-electron chi connectivity index (χ4n) is 2.16. The van der Waals surface area contributed by atoms with E-state index >= 15 is 0 Å². The van der Waals surface area contributed by atoms with Gasteiger partial charge in [-0.3, -0.25) is 4.79 Å². The molecule has 1 aromatic carbocycles. The van der Waals surface area contributed by atoms with Crippen molar-refractivity contribution in [3.05, 3.63) is 35.9 Å². The van der Waals surface area contributed by atoms with Crippen LogP contribution >= 0.6 is 0 Å². The molecule has 5 heteroatoms. The van der Waals surface area contributed by atoms with Gasteiger partial charge < -0.3 is 14.2 Å². The Bertz CT molecular complexity index is 602. The van der Waals surface area contributed by atoms with E-state index in [1.54, 1.807) is 6.08 Å². The summed E-state index contributed by atoms with van der Waals surface area (Å²) < 4.78 is 15.6. The number of unbranched alkanes of at least 4 members (excludes halogenated alkanes) is 3. The van der Waals surface area contributed by atoms with Crippen molar-refractivity contribution in [3.8, 4) is 5.75 Å². The molecule has 0 unspecified atom stereocenters. The van der Waals surface area contributed by atoms with Crippen LogP contribution in [0.2, 0.25) is 0 Å². The number of hydrogen-bond donors (Lipinski definition) is 0. The van der Waals surface area contributed by atoms with E-state index < -0.39 is 5.41 Å². The fourth-order valence-corrected chi connectivity index (χ4v) is 2.16. The molecule has 0 aliphatic rings. The molecule has 0 fully saturated rings. The third-order valence-electron chi connectivity index (χ3n) is 4.47.